The number of nitrogens with one attached hydrogen (secondary N) is 1. The topological polar surface area (TPSA) is 62.4 Å². The molecular weight excluding hydrogens is 392 g/mol. The Balaban J connectivity index is 1.66. The molecule has 0 atom stereocenters. The number of carbonyl (C=O) groups is 2. The molecule has 7 heteroatoms. The Hall–Kier alpha value is -2.90. The Kier molecular flexibility index (Phi) is 4.78. The summed E-state index contributed by atoms with van der Waals surface area (Å²) in [5.74, 6) is 0.111. The third kappa shape index (κ3) is 3.23. The average Bonchev–Trinajstić information content (AvgIpc) is 3.23. The van der Waals surface area contributed by atoms with E-state index in [0.717, 1.165) is 28.2 Å². The lowest BCUT2D eigenvalue weighted by atomic mass is 10.1. The van der Waals surface area contributed by atoms with E-state index in [1.807, 2.05) is 43.3 Å². The minimum Gasteiger partial charge on any atom is -0.497 e. The minimum absolute atomic E-state index is 0.260. The van der Waals surface area contributed by atoms with E-state index in [-0.39, 0.29) is 11.7 Å². The normalized spacial score (nSPS) is 15.6. The maximum Gasteiger partial charge on any atom is 0.270 e. The number of nitrogens with zero attached hydrogens (tertiary/aromatic N) is 1. The molecule has 0 bridgehead atoms. The van der Waals surface area contributed by atoms with Crippen molar-refractivity contribution in [2.24, 2.45) is 0 Å². The van der Waals surface area contributed by atoms with Crippen molar-refractivity contribution in [3.05, 3.63) is 70.8 Å². The van der Waals surface area contributed by atoms with E-state index >= 15 is 0 Å². The third-order valence-electron chi connectivity index (χ3n) is 4.50. The van der Waals surface area contributed by atoms with Gasteiger partial charge in [-0.2, -0.15) is 0 Å². The SMILES string of the molecule is COc1ccc2[nH]cc(C(=O)/C=C3/SC(=S)N(c4ccc(C)cc4)C3=O)c2c1. The maximum atomic E-state index is 12.9. The van der Waals surface area contributed by atoms with Crippen LogP contribution >= 0.6 is 24.0 Å². The van der Waals surface area contributed by atoms with Gasteiger partial charge in [-0.1, -0.05) is 41.7 Å². The van der Waals surface area contributed by atoms with Gasteiger partial charge >= 0.3 is 0 Å². The van der Waals surface area contributed by atoms with Gasteiger partial charge in [0.05, 0.1) is 17.7 Å². The summed E-state index contributed by atoms with van der Waals surface area (Å²) in [5.41, 5.74) is 3.09. The molecule has 2 aromatic carbocycles. The summed E-state index contributed by atoms with van der Waals surface area (Å²) in [5, 5.41) is 0.745. The molecule has 4 rings (SSSR count). The fraction of sp³-hybridized carbons (Fsp3) is 0.0952. The quantitative estimate of drug-likeness (QED) is 0.388. The monoisotopic (exact) mass is 408 g/mol. The molecule has 0 aliphatic carbocycles. The zero-order valence-electron chi connectivity index (χ0n) is 15.2. The lowest BCUT2D eigenvalue weighted by Crippen LogP contribution is -2.27. The van der Waals surface area contributed by atoms with Crippen LogP contribution in [0.5, 0.6) is 5.75 Å². The molecule has 0 unspecified atom stereocenters. The molecule has 1 fully saturated rings. The van der Waals surface area contributed by atoms with Crippen LogP contribution in [-0.4, -0.2) is 28.1 Å². The second-order valence-electron chi connectivity index (χ2n) is 6.33. The molecule has 1 aliphatic rings. The first-order valence-corrected chi connectivity index (χ1v) is 9.74. The Morgan fingerprint density at radius 2 is 1.96 bits per heavy atom. The van der Waals surface area contributed by atoms with E-state index in [1.54, 1.807) is 19.4 Å². The first kappa shape index (κ1) is 18.5. The zero-order valence-corrected chi connectivity index (χ0v) is 16.8. The predicted octanol–water partition coefficient (Wildman–Crippen LogP) is 4.62. The van der Waals surface area contributed by atoms with Crippen LogP contribution in [-0.2, 0) is 4.79 Å². The molecule has 1 amide bonds. The standard InChI is InChI=1S/C21H16N2O3S2/c1-12-3-5-13(6-4-12)23-20(25)19(28-21(23)27)10-18(24)16-11-22-17-8-7-14(26-2)9-15(16)17/h3-11,22H,1-2H3/b19-10+. The number of ketones is 1. The van der Waals surface area contributed by atoms with Crippen LogP contribution in [0.2, 0.25) is 0 Å². The number of H-pyrrole nitrogens is 1. The van der Waals surface area contributed by atoms with E-state index < -0.39 is 0 Å². The molecule has 140 valence electrons. The van der Waals surface area contributed by atoms with Gasteiger partial charge in [0.1, 0.15) is 5.75 Å². The van der Waals surface area contributed by atoms with Gasteiger partial charge < -0.3 is 9.72 Å². The summed E-state index contributed by atoms with van der Waals surface area (Å²) in [6.45, 7) is 1.98. The molecular formula is C21H16N2O3S2. The summed E-state index contributed by atoms with van der Waals surface area (Å²) >= 11 is 6.50. The van der Waals surface area contributed by atoms with Gasteiger partial charge in [-0.25, -0.2) is 0 Å². The average molecular weight is 409 g/mol. The highest BCUT2D eigenvalue weighted by atomic mass is 32.2. The van der Waals surface area contributed by atoms with Crippen molar-refractivity contribution >= 4 is 56.6 Å². The number of hydrogen-bond acceptors (Lipinski definition) is 5. The summed E-state index contributed by atoms with van der Waals surface area (Å²) in [7, 11) is 1.58. The van der Waals surface area contributed by atoms with Gasteiger partial charge in [0.2, 0.25) is 0 Å². The number of allylic oxidation sites excluding steroid dienone is 1. The maximum absolute atomic E-state index is 12.9. The van der Waals surface area contributed by atoms with Crippen molar-refractivity contribution in [2.45, 2.75) is 6.92 Å². The number of anilines is 1. The number of methoxy groups -OCH3 is 1. The van der Waals surface area contributed by atoms with Crippen molar-refractivity contribution < 1.29 is 14.3 Å². The molecule has 0 radical (unpaired) electrons. The van der Waals surface area contributed by atoms with Crippen molar-refractivity contribution in [3.63, 3.8) is 0 Å². The molecule has 28 heavy (non-hydrogen) atoms. The smallest absolute Gasteiger partial charge is 0.270 e. The second kappa shape index (κ2) is 7.26. The summed E-state index contributed by atoms with van der Waals surface area (Å²) in [6, 6.07) is 13.0. The van der Waals surface area contributed by atoms with Crippen LogP contribution in [0, 0.1) is 6.92 Å². The minimum atomic E-state index is -0.287. The molecule has 1 N–H and O–H groups in total. The summed E-state index contributed by atoms with van der Waals surface area (Å²) in [4.78, 5) is 30.5. The van der Waals surface area contributed by atoms with Crippen molar-refractivity contribution in [2.75, 3.05) is 12.0 Å². The van der Waals surface area contributed by atoms with Gasteiger partial charge in [0.25, 0.3) is 5.91 Å². The van der Waals surface area contributed by atoms with E-state index in [0.29, 0.717) is 26.2 Å². The highest BCUT2D eigenvalue weighted by Crippen LogP contribution is 2.35. The van der Waals surface area contributed by atoms with Crippen molar-refractivity contribution in [1.29, 1.82) is 0 Å². The van der Waals surface area contributed by atoms with Gasteiger partial charge in [0, 0.05) is 28.7 Å². The molecule has 1 aliphatic heterocycles. The van der Waals surface area contributed by atoms with Crippen molar-refractivity contribution in [1.82, 2.24) is 4.98 Å². The molecule has 0 saturated carbocycles. The number of benzene rings is 2. The predicted molar refractivity (Wildman–Crippen MR) is 116 cm³/mol. The van der Waals surface area contributed by atoms with Gasteiger partial charge in [0.15, 0.2) is 10.1 Å². The van der Waals surface area contributed by atoms with E-state index in [9.17, 15) is 9.59 Å². The number of hydrogen-bond donors (Lipinski definition) is 1. The largest absolute Gasteiger partial charge is 0.497 e. The number of ether oxygens (including phenoxy) is 1. The van der Waals surface area contributed by atoms with Crippen LogP contribution in [0.25, 0.3) is 10.9 Å². The first-order valence-electron chi connectivity index (χ1n) is 8.52. The Morgan fingerprint density at radius 3 is 2.68 bits per heavy atom. The van der Waals surface area contributed by atoms with Crippen LogP contribution in [0.1, 0.15) is 15.9 Å². The second-order valence-corrected chi connectivity index (χ2v) is 8.01. The molecule has 3 aromatic rings. The number of aromatic amines is 1. The highest BCUT2D eigenvalue weighted by Gasteiger charge is 2.34. The van der Waals surface area contributed by atoms with E-state index in [2.05, 4.69) is 4.98 Å². The van der Waals surface area contributed by atoms with Crippen LogP contribution in [0.4, 0.5) is 5.69 Å². The number of thioether (sulfide) groups is 1. The fourth-order valence-corrected chi connectivity index (χ4v) is 4.28. The van der Waals surface area contributed by atoms with Crippen molar-refractivity contribution in [3.8, 4) is 5.75 Å². The number of aryl methyl sites for hydroxylation is 1. The van der Waals surface area contributed by atoms with Gasteiger partial charge in [-0.05, 0) is 37.3 Å². The van der Waals surface area contributed by atoms with Crippen LogP contribution in [0.3, 0.4) is 0 Å². The summed E-state index contributed by atoms with van der Waals surface area (Å²) < 4.78 is 5.65. The molecule has 1 aromatic heterocycles. The Labute approximate surface area is 171 Å². The first-order chi connectivity index (χ1) is 13.5. The van der Waals surface area contributed by atoms with Crippen LogP contribution in [0.15, 0.2) is 59.6 Å². The van der Waals surface area contributed by atoms with Crippen LogP contribution < -0.4 is 9.64 Å². The number of amides is 1. The molecule has 2 heterocycles. The fourth-order valence-electron chi connectivity index (χ4n) is 3.01. The zero-order chi connectivity index (χ0) is 19.8. The third-order valence-corrected chi connectivity index (χ3v) is 5.80. The molecule has 1 saturated heterocycles. The Bertz CT molecular complexity index is 1150. The molecule has 5 nitrogen and oxygen atoms in total. The Morgan fingerprint density at radius 1 is 1.21 bits per heavy atom. The van der Waals surface area contributed by atoms with Gasteiger partial charge in [-0.3, -0.25) is 14.5 Å². The molecule has 0 spiro atoms. The number of thiocarbonyl (C=S) groups is 1. The van der Waals surface area contributed by atoms with E-state index in [1.165, 1.54) is 11.0 Å². The van der Waals surface area contributed by atoms with E-state index in [4.69, 9.17) is 17.0 Å². The number of aromatic nitrogens is 1. The van der Waals surface area contributed by atoms with Gasteiger partial charge in [-0.15, -0.1) is 0 Å². The lowest BCUT2D eigenvalue weighted by molar-refractivity contribution is -0.113. The number of carbonyl (C=O) groups excluding carboxylic acids is 2. The lowest BCUT2D eigenvalue weighted by Gasteiger charge is -2.14. The number of fused-ring (bicyclic) bond motifs is 1. The number of rotatable bonds is 4. The highest BCUT2D eigenvalue weighted by molar-refractivity contribution is 8.27. The summed E-state index contributed by atoms with van der Waals surface area (Å²) in [6.07, 6.45) is 3.00.